The van der Waals surface area contributed by atoms with Crippen molar-refractivity contribution >= 4 is 47.3 Å². The molecule has 0 bridgehead atoms. The fourth-order valence-electron chi connectivity index (χ4n) is 3.38. The van der Waals surface area contributed by atoms with E-state index in [1.165, 1.54) is 16.7 Å². The number of carboxylic acid groups (broad SMARTS) is 2. The Morgan fingerprint density at radius 2 is 1.76 bits per heavy atom. The van der Waals surface area contributed by atoms with E-state index in [0.29, 0.717) is 12.2 Å². The minimum Gasteiger partial charge on any atom is -0.481 e. The van der Waals surface area contributed by atoms with Gasteiger partial charge >= 0.3 is 11.9 Å². The molecule has 4 atom stereocenters. The van der Waals surface area contributed by atoms with E-state index < -0.39 is 72.6 Å². The number of likely N-dealkylation sites (tertiary alicyclic amines) is 1. The van der Waals surface area contributed by atoms with Crippen molar-refractivity contribution < 1.29 is 39.0 Å². The Labute approximate surface area is 195 Å². The second-order valence-electron chi connectivity index (χ2n) is 7.64. The maximum absolute atomic E-state index is 13.2. The highest BCUT2D eigenvalue weighted by atomic mass is 32.2. The molecule has 1 heterocycles. The summed E-state index contributed by atoms with van der Waals surface area (Å²) in [4.78, 5) is 72.6. The van der Waals surface area contributed by atoms with Gasteiger partial charge in [-0.3, -0.25) is 24.0 Å². The van der Waals surface area contributed by atoms with Gasteiger partial charge < -0.3 is 37.2 Å². The van der Waals surface area contributed by atoms with Gasteiger partial charge in [-0.1, -0.05) is 0 Å². The number of primary amides is 1. The van der Waals surface area contributed by atoms with Crippen LogP contribution in [0.15, 0.2) is 0 Å². The average Bonchev–Trinajstić information content (AvgIpc) is 3.22. The second-order valence-corrected chi connectivity index (χ2v) is 8.63. The molecule has 0 aromatic carbocycles. The number of nitrogens with one attached hydrogen (secondary N) is 2. The smallest absolute Gasteiger partial charge is 0.326 e. The van der Waals surface area contributed by atoms with Crippen LogP contribution in [0.1, 0.15) is 38.5 Å². The molecule has 1 rings (SSSR count). The lowest BCUT2D eigenvalue weighted by atomic mass is 10.1. The quantitative estimate of drug-likeness (QED) is 0.155. The number of thioether (sulfide) groups is 1. The summed E-state index contributed by atoms with van der Waals surface area (Å²) < 4.78 is 0. The van der Waals surface area contributed by atoms with Crippen molar-refractivity contribution in [2.75, 3.05) is 18.6 Å². The van der Waals surface area contributed by atoms with E-state index >= 15 is 0 Å². The van der Waals surface area contributed by atoms with Gasteiger partial charge in [-0.15, -0.1) is 0 Å². The van der Waals surface area contributed by atoms with Gasteiger partial charge in [-0.05, 0) is 37.7 Å². The third-order valence-corrected chi connectivity index (χ3v) is 5.73. The Morgan fingerprint density at radius 1 is 1.09 bits per heavy atom. The van der Waals surface area contributed by atoms with Crippen molar-refractivity contribution in [2.24, 2.45) is 11.5 Å². The van der Waals surface area contributed by atoms with Crippen LogP contribution in [-0.4, -0.2) is 93.4 Å². The highest BCUT2D eigenvalue weighted by Gasteiger charge is 2.39. The molecule has 0 aromatic heterocycles. The van der Waals surface area contributed by atoms with Crippen molar-refractivity contribution in [1.29, 1.82) is 0 Å². The Balaban J connectivity index is 2.92. The summed E-state index contributed by atoms with van der Waals surface area (Å²) in [6.45, 7) is 0.225. The second kappa shape index (κ2) is 13.6. The molecule has 0 radical (unpaired) electrons. The van der Waals surface area contributed by atoms with E-state index in [9.17, 15) is 33.9 Å². The molecule has 14 heteroatoms. The first-order chi connectivity index (χ1) is 15.5. The lowest BCUT2D eigenvalue weighted by molar-refractivity contribution is -0.145. The van der Waals surface area contributed by atoms with Crippen LogP contribution in [0.4, 0.5) is 0 Å². The molecule has 1 aliphatic heterocycles. The first-order valence-electron chi connectivity index (χ1n) is 10.4. The zero-order valence-electron chi connectivity index (χ0n) is 18.3. The number of carbonyl (C=O) groups is 6. The molecule has 1 aliphatic rings. The fourth-order valence-corrected chi connectivity index (χ4v) is 3.85. The molecule has 0 saturated carbocycles. The third-order valence-electron chi connectivity index (χ3n) is 5.08. The zero-order chi connectivity index (χ0) is 25.1. The SMILES string of the molecule is CSCCC(NC(=O)C(N)CC(N)=O)C(=O)N1CCCC1C(=O)NC(CCC(=O)O)C(=O)O. The number of nitrogens with zero attached hydrogens (tertiary/aromatic N) is 1. The van der Waals surface area contributed by atoms with Crippen LogP contribution in [0.5, 0.6) is 0 Å². The maximum atomic E-state index is 13.2. The minimum atomic E-state index is -1.41. The summed E-state index contributed by atoms with van der Waals surface area (Å²) in [7, 11) is 0. The zero-order valence-corrected chi connectivity index (χ0v) is 19.1. The summed E-state index contributed by atoms with van der Waals surface area (Å²) in [5, 5.41) is 22.9. The Kier molecular flexibility index (Phi) is 11.6. The van der Waals surface area contributed by atoms with Gasteiger partial charge in [0.25, 0.3) is 0 Å². The Hall–Kier alpha value is -2.87. The van der Waals surface area contributed by atoms with Crippen molar-refractivity contribution in [3.63, 3.8) is 0 Å². The Bertz CT molecular complexity index is 764. The predicted octanol–water partition coefficient (Wildman–Crippen LogP) is -2.15. The molecule has 0 aliphatic carbocycles. The summed E-state index contributed by atoms with van der Waals surface area (Å²) in [6.07, 6.45) is 1.69. The molecule has 186 valence electrons. The van der Waals surface area contributed by atoms with Crippen molar-refractivity contribution in [3.05, 3.63) is 0 Å². The lowest BCUT2D eigenvalue weighted by Gasteiger charge is -2.30. The molecular formula is C19H31N5O8S. The minimum absolute atomic E-state index is 0.225. The number of carbonyl (C=O) groups excluding carboxylic acids is 4. The third kappa shape index (κ3) is 9.26. The number of aliphatic carboxylic acids is 2. The van der Waals surface area contributed by atoms with Crippen LogP contribution in [-0.2, 0) is 28.8 Å². The molecular weight excluding hydrogens is 458 g/mol. The van der Waals surface area contributed by atoms with Crippen molar-refractivity contribution in [1.82, 2.24) is 15.5 Å². The standard InChI is InChI=1S/C19H31N5O8S/c1-33-8-6-11(22-16(28)10(20)9-14(21)25)18(30)24-7-2-3-13(24)17(29)23-12(19(31)32)4-5-15(26)27/h10-13H,2-9,20H2,1H3,(H2,21,25)(H,22,28)(H,23,29)(H,26,27)(H,31,32). The Morgan fingerprint density at radius 3 is 2.30 bits per heavy atom. The number of rotatable bonds is 14. The monoisotopic (exact) mass is 489 g/mol. The molecule has 1 saturated heterocycles. The van der Waals surface area contributed by atoms with E-state index in [0.717, 1.165) is 0 Å². The van der Waals surface area contributed by atoms with E-state index in [4.69, 9.17) is 16.6 Å². The number of carboxylic acids is 2. The number of hydrogen-bond acceptors (Lipinski definition) is 8. The first-order valence-corrected chi connectivity index (χ1v) is 11.8. The number of hydrogen-bond donors (Lipinski definition) is 6. The van der Waals surface area contributed by atoms with Crippen LogP contribution in [0.25, 0.3) is 0 Å². The van der Waals surface area contributed by atoms with E-state index in [1.807, 2.05) is 6.26 Å². The summed E-state index contributed by atoms with van der Waals surface area (Å²) in [6, 6.07) is -4.60. The van der Waals surface area contributed by atoms with Gasteiger partial charge in [0, 0.05) is 13.0 Å². The molecule has 4 amide bonds. The van der Waals surface area contributed by atoms with Gasteiger partial charge in [-0.2, -0.15) is 11.8 Å². The van der Waals surface area contributed by atoms with Crippen LogP contribution in [0, 0.1) is 0 Å². The number of amides is 4. The predicted molar refractivity (Wildman–Crippen MR) is 118 cm³/mol. The largest absolute Gasteiger partial charge is 0.481 e. The molecule has 0 aromatic rings. The van der Waals surface area contributed by atoms with Gasteiger partial charge in [0.1, 0.15) is 18.1 Å². The van der Waals surface area contributed by atoms with E-state index in [-0.39, 0.29) is 25.8 Å². The average molecular weight is 490 g/mol. The molecule has 1 fully saturated rings. The van der Waals surface area contributed by atoms with Crippen LogP contribution in [0.2, 0.25) is 0 Å². The van der Waals surface area contributed by atoms with E-state index in [1.54, 1.807) is 0 Å². The van der Waals surface area contributed by atoms with Gasteiger partial charge in [0.15, 0.2) is 0 Å². The van der Waals surface area contributed by atoms with Crippen LogP contribution < -0.4 is 22.1 Å². The van der Waals surface area contributed by atoms with Gasteiger partial charge in [0.05, 0.1) is 12.5 Å². The molecule has 4 unspecified atom stereocenters. The highest BCUT2D eigenvalue weighted by Crippen LogP contribution is 2.20. The molecule has 0 spiro atoms. The fraction of sp³-hybridized carbons (Fsp3) is 0.684. The normalized spacial score (nSPS) is 18.1. The van der Waals surface area contributed by atoms with E-state index in [2.05, 4.69) is 10.6 Å². The molecule has 13 nitrogen and oxygen atoms in total. The summed E-state index contributed by atoms with van der Waals surface area (Å²) in [5.41, 5.74) is 10.7. The first kappa shape index (κ1) is 28.2. The maximum Gasteiger partial charge on any atom is 0.326 e. The highest BCUT2D eigenvalue weighted by molar-refractivity contribution is 7.98. The van der Waals surface area contributed by atoms with Crippen molar-refractivity contribution in [2.45, 2.75) is 62.7 Å². The molecule has 8 N–H and O–H groups in total. The van der Waals surface area contributed by atoms with Crippen molar-refractivity contribution in [3.8, 4) is 0 Å². The van der Waals surface area contributed by atoms with Crippen LogP contribution in [0.3, 0.4) is 0 Å². The lowest BCUT2D eigenvalue weighted by Crippen LogP contribution is -2.57. The number of nitrogens with two attached hydrogens (primary N) is 2. The summed E-state index contributed by atoms with van der Waals surface area (Å²) in [5.74, 6) is -4.80. The van der Waals surface area contributed by atoms with Gasteiger partial charge in [-0.25, -0.2) is 4.79 Å². The van der Waals surface area contributed by atoms with Crippen LogP contribution >= 0.6 is 11.8 Å². The molecule has 33 heavy (non-hydrogen) atoms. The van der Waals surface area contributed by atoms with Gasteiger partial charge in [0.2, 0.25) is 23.6 Å². The summed E-state index contributed by atoms with van der Waals surface area (Å²) >= 11 is 1.44. The topological polar surface area (TPSA) is 222 Å².